The first-order valence-electron chi connectivity index (χ1n) is 5.30. The van der Waals surface area contributed by atoms with Crippen LogP contribution in [0.15, 0.2) is 24.3 Å². The van der Waals surface area contributed by atoms with E-state index in [0.717, 1.165) is 31.4 Å². The number of nitrogens with zero attached hydrogens (tertiary/aromatic N) is 1. The Morgan fingerprint density at radius 3 is 2.40 bits per heavy atom. The number of hydrogen-bond donors (Lipinski definition) is 0. The number of rotatable bonds is 6. The summed E-state index contributed by atoms with van der Waals surface area (Å²) in [4.78, 5) is 0. The van der Waals surface area contributed by atoms with Gasteiger partial charge in [-0.1, -0.05) is 24.3 Å². The Labute approximate surface area is 91.5 Å². The van der Waals surface area contributed by atoms with Crippen LogP contribution >= 0.6 is 0 Å². The molecule has 0 aliphatic rings. The zero-order valence-corrected chi connectivity index (χ0v) is 9.20. The van der Waals surface area contributed by atoms with Gasteiger partial charge in [0.2, 0.25) is 0 Å². The third-order valence-electron chi connectivity index (χ3n) is 2.37. The van der Waals surface area contributed by atoms with Gasteiger partial charge in [-0.25, -0.2) is 0 Å². The highest BCUT2D eigenvalue weighted by Crippen LogP contribution is 2.08. The number of aryl methyl sites for hydroxylation is 1. The zero-order valence-electron chi connectivity index (χ0n) is 9.20. The molecule has 0 aliphatic heterocycles. The highest BCUT2D eigenvalue weighted by Gasteiger charge is 1.95. The summed E-state index contributed by atoms with van der Waals surface area (Å²) in [5.74, 6) is 0. The van der Waals surface area contributed by atoms with Crippen LogP contribution in [0.5, 0.6) is 0 Å². The average molecular weight is 203 g/mol. The Kier molecular flexibility index (Phi) is 5.50. The Balaban J connectivity index is 2.33. The molecule has 80 valence electrons. The van der Waals surface area contributed by atoms with Crippen molar-refractivity contribution in [1.29, 1.82) is 5.26 Å². The molecule has 0 saturated heterocycles. The van der Waals surface area contributed by atoms with Gasteiger partial charge < -0.3 is 4.74 Å². The molecule has 2 heteroatoms. The molecule has 0 aliphatic carbocycles. The van der Waals surface area contributed by atoms with Gasteiger partial charge >= 0.3 is 0 Å². The third kappa shape index (κ3) is 4.62. The molecule has 1 aromatic rings. The maximum atomic E-state index is 8.53. The van der Waals surface area contributed by atoms with Crippen molar-refractivity contribution in [2.45, 2.75) is 25.7 Å². The molecule has 15 heavy (non-hydrogen) atoms. The van der Waals surface area contributed by atoms with Crippen molar-refractivity contribution < 1.29 is 4.74 Å². The van der Waals surface area contributed by atoms with Crippen LogP contribution in [0.25, 0.3) is 0 Å². The van der Waals surface area contributed by atoms with Crippen molar-refractivity contribution in [2.24, 2.45) is 0 Å². The van der Waals surface area contributed by atoms with E-state index in [0.29, 0.717) is 6.42 Å². The molecule has 0 atom stereocenters. The molecule has 1 rings (SSSR count). The molecule has 0 radical (unpaired) electrons. The average Bonchev–Trinajstić information content (AvgIpc) is 2.27. The summed E-state index contributed by atoms with van der Waals surface area (Å²) in [6, 6.07) is 10.4. The van der Waals surface area contributed by atoms with Crippen LogP contribution < -0.4 is 0 Å². The molecular formula is C13H17NO. The van der Waals surface area contributed by atoms with Crippen molar-refractivity contribution in [2.75, 3.05) is 13.7 Å². The fourth-order valence-corrected chi connectivity index (χ4v) is 1.49. The van der Waals surface area contributed by atoms with Gasteiger partial charge in [-0.15, -0.1) is 0 Å². The van der Waals surface area contributed by atoms with E-state index in [4.69, 9.17) is 10.00 Å². The summed E-state index contributed by atoms with van der Waals surface area (Å²) < 4.78 is 4.99. The Hall–Kier alpha value is -1.33. The van der Waals surface area contributed by atoms with Crippen LogP contribution in [-0.4, -0.2) is 13.7 Å². The predicted molar refractivity (Wildman–Crippen MR) is 60.6 cm³/mol. The molecule has 0 unspecified atom stereocenters. The normalized spacial score (nSPS) is 9.87. The summed E-state index contributed by atoms with van der Waals surface area (Å²) in [6.07, 6.45) is 3.86. The first-order valence-corrected chi connectivity index (χ1v) is 5.30. The molecule has 0 fully saturated rings. The summed E-state index contributed by atoms with van der Waals surface area (Å²) in [6.45, 7) is 0.840. The van der Waals surface area contributed by atoms with E-state index < -0.39 is 0 Å². The maximum Gasteiger partial charge on any atom is 0.0669 e. The largest absolute Gasteiger partial charge is 0.385 e. The molecule has 0 spiro atoms. The number of hydrogen-bond acceptors (Lipinski definition) is 2. The van der Waals surface area contributed by atoms with Crippen LogP contribution in [0.1, 0.15) is 24.0 Å². The lowest BCUT2D eigenvalue weighted by atomic mass is 10.1. The minimum atomic E-state index is 0.504. The highest BCUT2D eigenvalue weighted by atomic mass is 16.5. The molecule has 0 amide bonds. The van der Waals surface area contributed by atoms with Gasteiger partial charge in [-0.3, -0.25) is 0 Å². The van der Waals surface area contributed by atoms with E-state index in [2.05, 4.69) is 18.2 Å². The van der Waals surface area contributed by atoms with E-state index in [1.165, 1.54) is 5.56 Å². The number of ether oxygens (including phenoxy) is 1. The molecule has 1 aromatic carbocycles. The molecule has 0 N–H and O–H groups in total. The van der Waals surface area contributed by atoms with Crippen molar-refractivity contribution in [1.82, 2.24) is 0 Å². The summed E-state index contributed by atoms with van der Waals surface area (Å²) >= 11 is 0. The van der Waals surface area contributed by atoms with Crippen molar-refractivity contribution in [3.8, 4) is 6.07 Å². The first-order chi connectivity index (χ1) is 7.36. The second-order valence-electron chi connectivity index (χ2n) is 3.60. The number of benzene rings is 1. The molecule has 2 nitrogen and oxygen atoms in total. The summed E-state index contributed by atoms with van der Waals surface area (Å²) in [5, 5.41) is 8.53. The van der Waals surface area contributed by atoms with Gasteiger partial charge in [0.05, 0.1) is 12.5 Å². The molecule has 0 bridgehead atoms. The SMILES string of the molecule is COCCCCc1ccc(CC#N)cc1. The summed E-state index contributed by atoms with van der Waals surface area (Å²) in [5.41, 5.74) is 2.44. The van der Waals surface area contributed by atoms with E-state index in [1.807, 2.05) is 12.1 Å². The number of unbranched alkanes of at least 4 members (excludes halogenated alkanes) is 1. The third-order valence-corrected chi connectivity index (χ3v) is 2.37. The molecule has 0 heterocycles. The second-order valence-corrected chi connectivity index (χ2v) is 3.60. The van der Waals surface area contributed by atoms with E-state index in [9.17, 15) is 0 Å². The van der Waals surface area contributed by atoms with Crippen LogP contribution in [0.4, 0.5) is 0 Å². The Bertz CT molecular complexity index is 310. The van der Waals surface area contributed by atoms with Gasteiger partial charge in [0.15, 0.2) is 0 Å². The summed E-state index contributed by atoms with van der Waals surface area (Å²) in [7, 11) is 1.73. The van der Waals surface area contributed by atoms with Gasteiger partial charge in [0.1, 0.15) is 0 Å². The minimum absolute atomic E-state index is 0.504. The van der Waals surface area contributed by atoms with Crippen molar-refractivity contribution in [3.05, 3.63) is 35.4 Å². The van der Waals surface area contributed by atoms with Crippen molar-refractivity contribution in [3.63, 3.8) is 0 Å². The van der Waals surface area contributed by atoms with E-state index >= 15 is 0 Å². The fourth-order valence-electron chi connectivity index (χ4n) is 1.49. The van der Waals surface area contributed by atoms with E-state index in [1.54, 1.807) is 7.11 Å². The van der Waals surface area contributed by atoms with Crippen LogP contribution in [-0.2, 0) is 17.6 Å². The molecular weight excluding hydrogens is 186 g/mol. The van der Waals surface area contributed by atoms with E-state index in [-0.39, 0.29) is 0 Å². The minimum Gasteiger partial charge on any atom is -0.385 e. The topological polar surface area (TPSA) is 33.0 Å². The maximum absolute atomic E-state index is 8.53. The monoisotopic (exact) mass is 203 g/mol. The quantitative estimate of drug-likeness (QED) is 0.666. The lowest BCUT2D eigenvalue weighted by molar-refractivity contribution is 0.193. The van der Waals surface area contributed by atoms with Gasteiger partial charge in [0.25, 0.3) is 0 Å². The first kappa shape index (κ1) is 11.7. The lowest BCUT2D eigenvalue weighted by Crippen LogP contribution is -1.91. The van der Waals surface area contributed by atoms with Crippen LogP contribution in [0.3, 0.4) is 0 Å². The highest BCUT2D eigenvalue weighted by molar-refractivity contribution is 5.24. The van der Waals surface area contributed by atoms with Crippen LogP contribution in [0, 0.1) is 11.3 Å². The number of methoxy groups -OCH3 is 1. The Morgan fingerprint density at radius 2 is 1.80 bits per heavy atom. The van der Waals surface area contributed by atoms with Gasteiger partial charge in [-0.05, 0) is 30.4 Å². The van der Waals surface area contributed by atoms with Crippen molar-refractivity contribution >= 4 is 0 Å². The standard InChI is InChI=1S/C13H17NO/c1-15-11-3-2-4-12-5-7-13(8-6-12)9-10-14/h5-8H,2-4,9,11H2,1H3. The molecule has 0 aromatic heterocycles. The molecule has 0 saturated carbocycles. The van der Waals surface area contributed by atoms with Crippen LogP contribution in [0.2, 0.25) is 0 Å². The smallest absolute Gasteiger partial charge is 0.0669 e. The second kappa shape index (κ2) is 7.03. The number of nitriles is 1. The fraction of sp³-hybridized carbons (Fsp3) is 0.462. The lowest BCUT2D eigenvalue weighted by Gasteiger charge is -2.02. The zero-order chi connectivity index (χ0) is 10.9. The Morgan fingerprint density at radius 1 is 1.13 bits per heavy atom. The van der Waals surface area contributed by atoms with Gasteiger partial charge in [0, 0.05) is 13.7 Å². The predicted octanol–water partition coefficient (Wildman–Crippen LogP) is 2.72. The van der Waals surface area contributed by atoms with Gasteiger partial charge in [-0.2, -0.15) is 5.26 Å².